The lowest BCUT2D eigenvalue weighted by Crippen LogP contribution is -2.43. The van der Waals surface area contributed by atoms with Crippen LogP contribution in [0.1, 0.15) is 33.3 Å². The van der Waals surface area contributed by atoms with Gasteiger partial charge < -0.3 is 16.0 Å². The van der Waals surface area contributed by atoms with Gasteiger partial charge in [-0.1, -0.05) is 12.1 Å². The van der Waals surface area contributed by atoms with Gasteiger partial charge in [-0.25, -0.2) is 0 Å². The fourth-order valence-corrected chi connectivity index (χ4v) is 1.92. The lowest BCUT2D eigenvalue weighted by molar-refractivity contribution is -0.120. The molecule has 0 spiro atoms. The maximum absolute atomic E-state index is 11.9. The fraction of sp³-hybridized carbons (Fsp3) is 0.533. The highest BCUT2D eigenvalue weighted by Crippen LogP contribution is 2.17. The van der Waals surface area contributed by atoms with Gasteiger partial charge >= 0.3 is 0 Å². The van der Waals surface area contributed by atoms with Crippen LogP contribution in [0.5, 0.6) is 0 Å². The number of rotatable bonds is 6. The van der Waals surface area contributed by atoms with Crippen molar-refractivity contribution in [2.75, 3.05) is 11.4 Å². The molecule has 0 aliphatic heterocycles. The van der Waals surface area contributed by atoms with Gasteiger partial charge in [-0.15, -0.1) is 0 Å². The Morgan fingerprint density at radius 1 is 1.21 bits per heavy atom. The Kier molecular flexibility index (Phi) is 5.83. The first kappa shape index (κ1) is 15.5. The first-order valence-corrected chi connectivity index (χ1v) is 6.79. The minimum atomic E-state index is 0.0478. The van der Waals surface area contributed by atoms with E-state index in [1.165, 1.54) is 0 Å². The highest BCUT2D eigenvalue weighted by Gasteiger charge is 2.15. The molecule has 4 heteroatoms. The highest BCUT2D eigenvalue weighted by molar-refractivity contribution is 5.81. The van der Waals surface area contributed by atoms with Crippen molar-refractivity contribution in [3.05, 3.63) is 29.8 Å². The average Bonchev–Trinajstić information content (AvgIpc) is 2.35. The molecular formula is C15H25N3O. The Labute approximate surface area is 116 Å². The van der Waals surface area contributed by atoms with Gasteiger partial charge in [0.25, 0.3) is 0 Å². The van der Waals surface area contributed by atoms with E-state index in [0.717, 1.165) is 11.3 Å². The molecule has 0 radical (unpaired) electrons. The van der Waals surface area contributed by atoms with Crippen LogP contribution in [0.2, 0.25) is 0 Å². The van der Waals surface area contributed by atoms with E-state index in [1.54, 1.807) is 0 Å². The summed E-state index contributed by atoms with van der Waals surface area (Å²) in [6.07, 6.45) is 0. The zero-order chi connectivity index (χ0) is 14.4. The van der Waals surface area contributed by atoms with Crippen LogP contribution in [0.4, 0.5) is 5.69 Å². The molecule has 0 aliphatic carbocycles. The summed E-state index contributed by atoms with van der Waals surface area (Å²) in [5, 5.41) is 2.92. The van der Waals surface area contributed by atoms with Gasteiger partial charge in [-0.2, -0.15) is 0 Å². The molecule has 3 N–H and O–H groups in total. The monoisotopic (exact) mass is 263 g/mol. The fourth-order valence-electron chi connectivity index (χ4n) is 1.92. The molecule has 0 bridgehead atoms. The van der Waals surface area contributed by atoms with Crippen LogP contribution in [0, 0.1) is 0 Å². The van der Waals surface area contributed by atoms with E-state index in [-0.39, 0.29) is 18.0 Å². The molecule has 0 unspecified atom stereocenters. The Hall–Kier alpha value is -1.55. The molecule has 0 saturated heterocycles. The summed E-state index contributed by atoms with van der Waals surface area (Å²) in [7, 11) is 0. The number of benzene rings is 1. The van der Waals surface area contributed by atoms with Gasteiger partial charge in [-0.05, 0) is 45.4 Å². The maximum atomic E-state index is 11.9. The molecule has 4 nitrogen and oxygen atoms in total. The van der Waals surface area contributed by atoms with Crippen molar-refractivity contribution in [2.24, 2.45) is 5.73 Å². The molecule has 0 saturated carbocycles. The van der Waals surface area contributed by atoms with Crippen molar-refractivity contribution in [1.29, 1.82) is 0 Å². The summed E-state index contributed by atoms with van der Waals surface area (Å²) >= 11 is 0. The SMILES string of the molecule is CC(C)NC(=O)CN(c1ccc(CN)cc1)C(C)C. The van der Waals surface area contributed by atoms with Crippen molar-refractivity contribution in [1.82, 2.24) is 5.32 Å². The summed E-state index contributed by atoms with van der Waals surface area (Å²) in [5.41, 5.74) is 7.74. The molecule has 0 aliphatic rings. The number of hydrogen-bond donors (Lipinski definition) is 2. The van der Waals surface area contributed by atoms with Gasteiger partial charge in [0, 0.05) is 24.3 Å². The van der Waals surface area contributed by atoms with E-state index in [9.17, 15) is 4.79 Å². The van der Waals surface area contributed by atoms with Crippen LogP contribution >= 0.6 is 0 Å². The molecule has 106 valence electrons. The van der Waals surface area contributed by atoms with E-state index in [4.69, 9.17) is 5.73 Å². The quantitative estimate of drug-likeness (QED) is 0.824. The van der Waals surface area contributed by atoms with Crippen molar-refractivity contribution in [2.45, 2.75) is 46.3 Å². The van der Waals surface area contributed by atoms with Gasteiger partial charge in [-0.3, -0.25) is 4.79 Å². The zero-order valence-electron chi connectivity index (χ0n) is 12.3. The van der Waals surface area contributed by atoms with E-state index < -0.39 is 0 Å². The topological polar surface area (TPSA) is 58.4 Å². The van der Waals surface area contributed by atoms with Crippen molar-refractivity contribution in [3.8, 4) is 0 Å². The number of carbonyl (C=O) groups excluding carboxylic acids is 1. The average molecular weight is 263 g/mol. The summed E-state index contributed by atoms with van der Waals surface area (Å²) in [4.78, 5) is 14.0. The Bertz CT molecular complexity index is 398. The Morgan fingerprint density at radius 2 is 1.79 bits per heavy atom. The van der Waals surface area contributed by atoms with Gasteiger partial charge in [0.1, 0.15) is 0 Å². The maximum Gasteiger partial charge on any atom is 0.239 e. The largest absolute Gasteiger partial charge is 0.360 e. The molecular weight excluding hydrogens is 238 g/mol. The molecule has 1 amide bonds. The standard InChI is InChI=1S/C15H25N3O/c1-11(2)17-15(19)10-18(12(3)4)14-7-5-13(9-16)6-8-14/h5-8,11-12H,9-10,16H2,1-4H3,(H,17,19). The third-order valence-electron chi connectivity index (χ3n) is 2.89. The summed E-state index contributed by atoms with van der Waals surface area (Å²) < 4.78 is 0. The predicted octanol–water partition coefficient (Wildman–Crippen LogP) is 1.88. The first-order chi connectivity index (χ1) is 8.93. The number of hydrogen-bond acceptors (Lipinski definition) is 3. The minimum Gasteiger partial charge on any atom is -0.360 e. The van der Waals surface area contributed by atoms with E-state index in [2.05, 4.69) is 24.1 Å². The third kappa shape index (κ3) is 4.91. The second kappa shape index (κ2) is 7.14. The third-order valence-corrected chi connectivity index (χ3v) is 2.89. The van der Waals surface area contributed by atoms with E-state index in [1.807, 2.05) is 38.1 Å². The predicted molar refractivity (Wildman–Crippen MR) is 80.1 cm³/mol. The molecule has 0 aromatic heterocycles. The summed E-state index contributed by atoms with van der Waals surface area (Å²) in [6, 6.07) is 8.48. The van der Waals surface area contributed by atoms with Crippen LogP contribution < -0.4 is 16.0 Å². The Balaban J connectivity index is 2.79. The van der Waals surface area contributed by atoms with Crippen LogP contribution in [-0.4, -0.2) is 24.5 Å². The second-order valence-corrected chi connectivity index (χ2v) is 5.31. The van der Waals surface area contributed by atoms with Gasteiger partial charge in [0.05, 0.1) is 6.54 Å². The molecule has 0 atom stereocenters. The van der Waals surface area contributed by atoms with Crippen molar-refractivity contribution < 1.29 is 4.79 Å². The second-order valence-electron chi connectivity index (χ2n) is 5.31. The van der Waals surface area contributed by atoms with Crippen LogP contribution in [0.3, 0.4) is 0 Å². The molecule has 0 fully saturated rings. The molecule has 1 aromatic rings. The van der Waals surface area contributed by atoms with Crippen molar-refractivity contribution in [3.63, 3.8) is 0 Å². The molecule has 1 rings (SSSR count). The van der Waals surface area contributed by atoms with Crippen LogP contribution in [-0.2, 0) is 11.3 Å². The number of nitrogens with zero attached hydrogens (tertiary/aromatic N) is 1. The number of nitrogens with one attached hydrogen (secondary N) is 1. The number of anilines is 1. The number of amides is 1. The lowest BCUT2D eigenvalue weighted by atomic mass is 10.1. The summed E-state index contributed by atoms with van der Waals surface area (Å²) in [6.45, 7) is 9.01. The van der Waals surface area contributed by atoms with Crippen molar-refractivity contribution >= 4 is 11.6 Å². The number of nitrogens with two attached hydrogens (primary N) is 1. The zero-order valence-corrected chi connectivity index (χ0v) is 12.3. The molecule has 0 heterocycles. The van der Waals surface area contributed by atoms with Crippen LogP contribution in [0.15, 0.2) is 24.3 Å². The lowest BCUT2D eigenvalue weighted by Gasteiger charge is -2.29. The Morgan fingerprint density at radius 3 is 2.21 bits per heavy atom. The minimum absolute atomic E-state index is 0.0478. The highest BCUT2D eigenvalue weighted by atomic mass is 16.2. The molecule has 19 heavy (non-hydrogen) atoms. The molecule has 1 aromatic carbocycles. The smallest absolute Gasteiger partial charge is 0.239 e. The summed E-state index contributed by atoms with van der Waals surface area (Å²) in [5.74, 6) is 0.0478. The first-order valence-electron chi connectivity index (χ1n) is 6.79. The normalized spacial score (nSPS) is 10.9. The van der Waals surface area contributed by atoms with Gasteiger partial charge in [0.2, 0.25) is 5.91 Å². The van der Waals surface area contributed by atoms with Gasteiger partial charge in [0.15, 0.2) is 0 Å². The number of carbonyl (C=O) groups is 1. The van der Waals surface area contributed by atoms with Crippen LogP contribution in [0.25, 0.3) is 0 Å². The van der Waals surface area contributed by atoms with E-state index in [0.29, 0.717) is 13.1 Å². The van der Waals surface area contributed by atoms with E-state index >= 15 is 0 Å².